The van der Waals surface area contributed by atoms with Gasteiger partial charge < -0.3 is 10.1 Å². The molecule has 0 bridgehead atoms. The maximum atomic E-state index is 5.28. The van der Waals surface area contributed by atoms with E-state index in [0.717, 1.165) is 18.8 Å². The molecule has 0 spiro atoms. The molecule has 5 heteroatoms. The van der Waals surface area contributed by atoms with E-state index in [0.29, 0.717) is 6.04 Å². The third-order valence-corrected chi connectivity index (χ3v) is 4.57. The van der Waals surface area contributed by atoms with Gasteiger partial charge in [0.25, 0.3) is 0 Å². The fourth-order valence-corrected chi connectivity index (χ4v) is 3.18. The number of nitrogens with one attached hydrogen (secondary N) is 1. The van der Waals surface area contributed by atoms with Crippen LogP contribution < -0.4 is 10.1 Å². The van der Waals surface area contributed by atoms with Crippen LogP contribution in [0.4, 0.5) is 0 Å². The summed E-state index contributed by atoms with van der Waals surface area (Å²) in [5, 5.41) is 3.69. The highest BCUT2D eigenvalue weighted by molar-refractivity contribution is 5.85. The molecular formula is C20H28Cl2N2O. The third-order valence-electron chi connectivity index (χ3n) is 4.57. The molecule has 0 saturated carbocycles. The van der Waals surface area contributed by atoms with E-state index >= 15 is 0 Å². The summed E-state index contributed by atoms with van der Waals surface area (Å²) < 4.78 is 5.28. The molecule has 1 fully saturated rings. The van der Waals surface area contributed by atoms with Crippen molar-refractivity contribution in [2.75, 3.05) is 20.2 Å². The fourth-order valence-electron chi connectivity index (χ4n) is 3.18. The second kappa shape index (κ2) is 11.4. The second-order valence-corrected chi connectivity index (χ2v) is 6.27. The van der Waals surface area contributed by atoms with E-state index in [1.807, 2.05) is 6.07 Å². The summed E-state index contributed by atoms with van der Waals surface area (Å²) in [6.07, 6.45) is 2.44. The summed E-state index contributed by atoms with van der Waals surface area (Å²) in [5.74, 6) is 0.932. The highest BCUT2D eigenvalue weighted by Crippen LogP contribution is 2.16. The second-order valence-electron chi connectivity index (χ2n) is 6.27. The van der Waals surface area contributed by atoms with Crippen molar-refractivity contribution in [3.8, 4) is 5.75 Å². The smallest absolute Gasteiger partial charge is 0.119 e. The van der Waals surface area contributed by atoms with E-state index in [1.165, 1.54) is 37.1 Å². The molecule has 3 rings (SSSR count). The zero-order valence-corrected chi connectivity index (χ0v) is 16.3. The lowest BCUT2D eigenvalue weighted by Crippen LogP contribution is -2.41. The van der Waals surface area contributed by atoms with Crippen LogP contribution in [-0.2, 0) is 13.1 Å². The highest BCUT2D eigenvalue weighted by atomic mass is 35.5. The maximum Gasteiger partial charge on any atom is 0.119 e. The predicted octanol–water partition coefficient (Wildman–Crippen LogP) is 4.29. The van der Waals surface area contributed by atoms with E-state index in [-0.39, 0.29) is 24.8 Å². The lowest BCUT2D eigenvalue weighted by atomic mass is 10.0. The van der Waals surface area contributed by atoms with E-state index in [1.54, 1.807) is 7.11 Å². The Kier molecular flexibility index (Phi) is 9.91. The van der Waals surface area contributed by atoms with Gasteiger partial charge in [-0.05, 0) is 49.2 Å². The first-order chi connectivity index (χ1) is 11.3. The average Bonchev–Trinajstić information content (AvgIpc) is 2.62. The van der Waals surface area contributed by atoms with Crippen LogP contribution in [0.25, 0.3) is 0 Å². The molecule has 1 heterocycles. The molecule has 2 aromatic rings. The summed E-state index contributed by atoms with van der Waals surface area (Å²) >= 11 is 0. The Balaban J connectivity index is 0.00000156. The molecule has 138 valence electrons. The van der Waals surface area contributed by atoms with Crippen LogP contribution in [0.15, 0.2) is 54.6 Å². The average molecular weight is 383 g/mol. The Morgan fingerprint density at radius 1 is 0.960 bits per heavy atom. The fraction of sp³-hybridized carbons (Fsp3) is 0.400. The number of ether oxygens (including phenoxy) is 1. The lowest BCUT2D eigenvalue weighted by molar-refractivity contribution is 0.190. The Morgan fingerprint density at radius 3 is 2.32 bits per heavy atom. The van der Waals surface area contributed by atoms with Crippen molar-refractivity contribution in [2.45, 2.75) is 32.0 Å². The van der Waals surface area contributed by atoms with E-state index in [2.05, 4.69) is 58.7 Å². The summed E-state index contributed by atoms with van der Waals surface area (Å²) in [6, 6.07) is 19.7. The first-order valence-corrected chi connectivity index (χ1v) is 8.46. The maximum absolute atomic E-state index is 5.28. The largest absolute Gasteiger partial charge is 0.497 e. The van der Waals surface area contributed by atoms with E-state index in [4.69, 9.17) is 4.74 Å². The molecule has 25 heavy (non-hydrogen) atoms. The van der Waals surface area contributed by atoms with Gasteiger partial charge in [-0.3, -0.25) is 4.90 Å². The Hall–Kier alpha value is -1.26. The van der Waals surface area contributed by atoms with Gasteiger partial charge in [-0.15, -0.1) is 24.8 Å². The molecule has 0 radical (unpaired) electrons. The molecule has 0 aliphatic carbocycles. The summed E-state index contributed by atoms with van der Waals surface area (Å²) in [7, 11) is 1.72. The van der Waals surface area contributed by atoms with Crippen molar-refractivity contribution in [3.63, 3.8) is 0 Å². The zero-order chi connectivity index (χ0) is 15.9. The van der Waals surface area contributed by atoms with Gasteiger partial charge in [-0.2, -0.15) is 0 Å². The molecule has 0 aromatic heterocycles. The number of hydrogen-bond donors (Lipinski definition) is 1. The zero-order valence-electron chi connectivity index (χ0n) is 14.7. The van der Waals surface area contributed by atoms with Crippen LogP contribution >= 0.6 is 24.8 Å². The predicted molar refractivity (Wildman–Crippen MR) is 109 cm³/mol. The molecule has 0 amide bonds. The minimum absolute atomic E-state index is 0. The first-order valence-electron chi connectivity index (χ1n) is 8.46. The van der Waals surface area contributed by atoms with Crippen molar-refractivity contribution < 1.29 is 4.74 Å². The summed E-state index contributed by atoms with van der Waals surface area (Å²) in [4.78, 5) is 2.55. The molecule has 0 atom stereocenters. The monoisotopic (exact) mass is 382 g/mol. The molecule has 3 nitrogen and oxygen atoms in total. The van der Waals surface area contributed by atoms with Crippen LogP contribution in [0.2, 0.25) is 0 Å². The van der Waals surface area contributed by atoms with Crippen LogP contribution in [-0.4, -0.2) is 31.1 Å². The first kappa shape index (κ1) is 21.8. The van der Waals surface area contributed by atoms with Gasteiger partial charge in [-0.1, -0.05) is 42.5 Å². The Morgan fingerprint density at radius 2 is 1.64 bits per heavy atom. The van der Waals surface area contributed by atoms with Crippen molar-refractivity contribution >= 4 is 24.8 Å². The van der Waals surface area contributed by atoms with E-state index < -0.39 is 0 Å². The topological polar surface area (TPSA) is 24.5 Å². The number of piperidine rings is 1. The minimum atomic E-state index is 0. The van der Waals surface area contributed by atoms with Crippen LogP contribution in [0, 0.1) is 0 Å². The van der Waals surface area contributed by atoms with Crippen molar-refractivity contribution in [1.29, 1.82) is 0 Å². The molecule has 1 saturated heterocycles. The van der Waals surface area contributed by atoms with Gasteiger partial charge in [0.15, 0.2) is 0 Å². The van der Waals surface area contributed by atoms with Gasteiger partial charge in [0.05, 0.1) is 7.11 Å². The molecule has 0 unspecified atom stereocenters. The summed E-state index contributed by atoms with van der Waals surface area (Å²) in [6.45, 7) is 4.33. The lowest BCUT2D eigenvalue weighted by Gasteiger charge is -2.32. The third kappa shape index (κ3) is 6.87. The molecular weight excluding hydrogens is 355 g/mol. The number of methoxy groups -OCH3 is 1. The number of halogens is 2. The van der Waals surface area contributed by atoms with Crippen LogP contribution in [0.1, 0.15) is 24.0 Å². The number of likely N-dealkylation sites (tertiary alicyclic amines) is 1. The SMILES string of the molecule is COc1cccc(CNC2CCN(Cc3ccccc3)CC2)c1.Cl.Cl. The highest BCUT2D eigenvalue weighted by Gasteiger charge is 2.18. The number of benzene rings is 2. The number of hydrogen-bond acceptors (Lipinski definition) is 3. The van der Waals surface area contributed by atoms with Crippen molar-refractivity contribution in [1.82, 2.24) is 10.2 Å². The van der Waals surface area contributed by atoms with Crippen molar-refractivity contribution in [3.05, 3.63) is 65.7 Å². The molecule has 2 aromatic carbocycles. The van der Waals surface area contributed by atoms with Crippen LogP contribution in [0.5, 0.6) is 5.75 Å². The summed E-state index contributed by atoms with van der Waals surface area (Å²) in [5.41, 5.74) is 2.70. The number of rotatable bonds is 6. The van der Waals surface area contributed by atoms with Gasteiger partial charge in [-0.25, -0.2) is 0 Å². The van der Waals surface area contributed by atoms with Crippen LogP contribution in [0.3, 0.4) is 0 Å². The van der Waals surface area contributed by atoms with Gasteiger partial charge in [0.1, 0.15) is 5.75 Å². The molecule has 1 N–H and O–H groups in total. The van der Waals surface area contributed by atoms with Gasteiger partial charge >= 0.3 is 0 Å². The molecule has 1 aliphatic heterocycles. The van der Waals surface area contributed by atoms with E-state index in [9.17, 15) is 0 Å². The van der Waals surface area contributed by atoms with Gasteiger partial charge in [0.2, 0.25) is 0 Å². The standard InChI is InChI=1S/C20H26N2O.2ClH/c1-23-20-9-5-8-18(14-20)15-21-19-10-12-22(13-11-19)16-17-6-3-2-4-7-17;;/h2-9,14,19,21H,10-13,15-16H2,1H3;2*1H. The van der Waals surface area contributed by atoms with Gasteiger partial charge in [0, 0.05) is 19.1 Å². The Bertz CT molecular complexity index is 602. The number of nitrogens with zero attached hydrogens (tertiary/aromatic N) is 1. The van der Waals surface area contributed by atoms with Crippen molar-refractivity contribution in [2.24, 2.45) is 0 Å². The minimum Gasteiger partial charge on any atom is -0.497 e. The quantitative estimate of drug-likeness (QED) is 0.805. The Labute approximate surface area is 163 Å². The molecule has 1 aliphatic rings. The normalized spacial score (nSPS) is 15.1.